The van der Waals surface area contributed by atoms with E-state index >= 15 is 0 Å². The average molecular weight is 337 g/mol. The monoisotopic (exact) mass is 336 g/mol. The van der Waals surface area contributed by atoms with Crippen molar-refractivity contribution >= 4 is 26.9 Å². The molecule has 0 amide bonds. The second-order valence-corrected chi connectivity index (χ2v) is 5.71. The van der Waals surface area contributed by atoms with E-state index in [1.807, 2.05) is 24.3 Å². The van der Waals surface area contributed by atoms with Gasteiger partial charge in [-0.1, -0.05) is 40.2 Å². The molecule has 0 spiro atoms. The van der Waals surface area contributed by atoms with Crippen molar-refractivity contribution in [3.05, 3.63) is 71.5 Å². The van der Waals surface area contributed by atoms with Crippen molar-refractivity contribution in [3.63, 3.8) is 0 Å². The minimum atomic E-state index is -0.825. The van der Waals surface area contributed by atoms with E-state index in [-0.39, 0.29) is 4.83 Å². The van der Waals surface area contributed by atoms with Gasteiger partial charge in [0.15, 0.2) is 11.6 Å². The third-order valence-electron chi connectivity index (χ3n) is 3.25. The Hall–Kier alpha value is -1.68. The van der Waals surface area contributed by atoms with Gasteiger partial charge in [0.1, 0.15) is 5.58 Å². The molecule has 2 aromatic carbocycles. The fourth-order valence-corrected chi connectivity index (χ4v) is 2.95. The molecule has 0 aliphatic carbocycles. The summed E-state index contributed by atoms with van der Waals surface area (Å²) in [6.45, 7) is 0. The van der Waals surface area contributed by atoms with Crippen molar-refractivity contribution in [2.45, 2.75) is 11.2 Å². The molecule has 0 radical (unpaired) electrons. The van der Waals surface area contributed by atoms with Crippen LogP contribution in [0.1, 0.15) is 16.0 Å². The predicted molar refractivity (Wildman–Crippen MR) is 77.9 cm³/mol. The van der Waals surface area contributed by atoms with Crippen LogP contribution in [-0.2, 0) is 6.42 Å². The second-order valence-electron chi connectivity index (χ2n) is 4.61. The molecule has 3 aromatic rings. The van der Waals surface area contributed by atoms with Gasteiger partial charge >= 0.3 is 0 Å². The minimum Gasteiger partial charge on any atom is -0.464 e. The molecule has 3 rings (SSSR count). The first-order valence-corrected chi connectivity index (χ1v) is 7.11. The summed E-state index contributed by atoms with van der Waals surface area (Å²) in [5.41, 5.74) is 2.55. The van der Waals surface area contributed by atoms with Gasteiger partial charge in [-0.2, -0.15) is 0 Å². The molecule has 0 saturated heterocycles. The van der Waals surface area contributed by atoms with E-state index in [1.165, 1.54) is 6.07 Å². The van der Waals surface area contributed by atoms with Crippen molar-refractivity contribution in [1.29, 1.82) is 0 Å². The quantitative estimate of drug-likeness (QED) is 0.584. The summed E-state index contributed by atoms with van der Waals surface area (Å²) in [6, 6.07) is 11.7. The standard InChI is InChI=1S/C16H11BrF2O/c17-13(7-10-5-6-14(18)15(19)8-10)12-9-20-16-4-2-1-3-11(12)16/h1-6,8-9,13H,7H2. The van der Waals surface area contributed by atoms with E-state index < -0.39 is 11.6 Å². The van der Waals surface area contributed by atoms with Crippen LogP contribution >= 0.6 is 15.9 Å². The van der Waals surface area contributed by atoms with Crippen molar-refractivity contribution in [2.75, 3.05) is 0 Å². The Bertz CT molecular complexity index is 751. The lowest BCUT2D eigenvalue weighted by Crippen LogP contribution is -1.96. The molecule has 4 heteroatoms. The summed E-state index contributed by atoms with van der Waals surface area (Å²) in [4.78, 5) is -0.0176. The molecular weight excluding hydrogens is 326 g/mol. The maximum Gasteiger partial charge on any atom is 0.159 e. The van der Waals surface area contributed by atoms with Gasteiger partial charge in [0.2, 0.25) is 0 Å². The molecule has 0 aliphatic rings. The Balaban J connectivity index is 1.89. The van der Waals surface area contributed by atoms with Gasteiger partial charge in [-0.05, 0) is 30.2 Å². The Morgan fingerprint density at radius 3 is 2.65 bits per heavy atom. The van der Waals surface area contributed by atoms with Crippen LogP contribution < -0.4 is 0 Å². The number of alkyl halides is 1. The van der Waals surface area contributed by atoms with Gasteiger partial charge in [-0.15, -0.1) is 0 Å². The molecule has 0 aliphatic heterocycles. The zero-order chi connectivity index (χ0) is 14.1. The predicted octanol–water partition coefficient (Wildman–Crippen LogP) is 5.39. The highest BCUT2D eigenvalue weighted by Gasteiger charge is 2.15. The number of fused-ring (bicyclic) bond motifs is 1. The maximum atomic E-state index is 13.2. The first kappa shape index (κ1) is 13.3. The third-order valence-corrected chi connectivity index (χ3v) is 4.06. The third kappa shape index (κ3) is 2.48. The smallest absolute Gasteiger partial charge is 0.159 e. The summed E-state index contributed by atoms with van der Waals surface area (Å²) in [6.07, 6.45) is 2.25. The number of para-hydroxylation sites is 1. The summed E-state index contributed by atoms with van der Waals surface area (Å²) < 4.78 is 31.6. The molecule has 1 aromatic heterocycles. The molecule has 1 unspecified atom stereocenters. The van der Waals surface area contributed by atoms with E-state index in [0.717, 1.165) is 28.2 Å². The Morgan fingerprint density at radius 2 is 1.85 bits per heavy atom. The molecule has 0 fully saturated rings. The molecule has 0 N–H and O–H groups in total. The number of benzene rings is 2. The molecular formula is C16H11BrF2O. The lowest BCUT2D eigenvalue weighted by Gasteiger charge is -2.08. The fourth-order valence-electron chi connectivity index (χ4n) is 2.22. The second kappa shape index (κ2) is 5.37. The highest BCUT2D eigenvalue weighted by atomic mass is 79.9. The topological polar surface area (TPSA) is 13.1 Å². The number of halogens is 3. The number of furan rings is 1. The first-order valence-electron chi connectivity index (χ1n) is 6.19. The largest absolute Gasteiger partial charge is 0.464 e. The van der Waals surface area contributed by atoms with Gasteiger partial charge in [0.05, 0.1) is 6.26 Å². The molecule has 102 valence electrons. The molecule has 0 saturated carbocycles. The SMILES string of the molecule is Fc1ccc(CC(Br)c2coc3ccccc23)cc1F. The van der Waals surface area contributed by atoms with Crippen LogP contribution in [0, 0.1) is 11.6 Å². The van der Waals surface area contributed by atoms with Crippen molar-refractivity contribution in [2.24, 2.45) is 0 Å². The molecule has 20 heavy (non-hydrogen) atoms. The molecule has 1 atom stereocenters. The van der Waals surface area contributed by atoms with Crippen LogP contribution in [0.15, 0.2) is 53.1 Å². The van der Waals surface area contributed by atoms with Gasteiger partial charge in [-0.3, -0.25) is 0 Å². The minimum absolute atomic E-state index is 0.0176. The van der Waals surface area contributed by atoms with Crippen LogP contribution in [0.2, 0.25) is 0 Å². The maximum absolute atomic E-state index is 13.2. The Labute approximate surface area is 123 Å². The van der Waals surface area contributed by atoms with E-state index in [0.29, 0.717) is 6.42 Å². The molecule has 1 heterocycles. The van der Waals surface area contributed by atoms with Crippen LogP contribution in [0.4, 0.5) is 8.78 Å². The van der Waals surface area contributed by atoms with E-state index in [4.69, 9.17) is 4.42 Å². The van der Waals surface area contributed by atoms with Gasteiger partial charge in [0.25, 0.3) is 0 Å². The Morgan fingerprint density at radius 1 is 1.05 bits per heavy atom. The molecule has 1 nitrogen and oxygen atoms in total. The van der Waals surface area contributed by atoms with E-state index in [9.17, 15) is 8.78 Å². The first-order chi connectivity index (χ1) is 9.65. The van der Waals surface area contributed by atoms with Crippen molar-refractivity contribution in [1.82, 2.24) is 0 Å². The van der Waals surface area contributed by atoms with Gasteiger partial charge in [0, 0.05) is 15.8 Å². The lowest BCUT2D eigenvalue weighted by molar-refractivity contribution is 0.507. The summed E-state index contributed by atoms with van der Waals surface area (Å²) in [5.74, 6) is -1.65. The Kier molecular flexibility index (Phi) is 3.57. The number of rotatable bonds is 3. The summed E-state index contributed by atoms with van der Waals surface area (Å²) in [7, 11) is 0. The molecule has 0 bridgehead atoms. The average Bonchev–Trinajstić information content (AvgIpc) is 2.87. The highest BCUT2D eigenvalue weighted by molar-refractivity contribution is 9.09. The highest BCUT2D eigenvalue weighted by Crippen LogP contribution is 2.34. The van der Waals surface area contributed by atoms with Crippen LogP contribution in [0.3, 0.4) is 0 Å². The van der Waals surface area contributed by atoms with Gasteiger partial charge < -0.3 is 4.42 Å². The van der Waals surface area contributed by atoms with E-state index in [1.54, 1.807) is 12.3 Å². The summed E-state index contributed by atoms with van der Waals surface area (Å²) >= 11 is 3.59. The van der Waals surface area contributed by atoms with Crippen LogP contribution in [0.25, 0.3) is 11.0 Å². The fraction of sp³-hybridized carbons (Fsp3) is 0.125. The number of hydrogen-bond acceptors (Lipinski definition) is 1. The van der Waals surface area contributed by atoms with Crippen LogP contribution in [0.5, 0.6) is 0 Å². The zero-order valence-corrected chi connectivity index (χ0v) is 12.0. The van der Waals surface area contributed by atoms with Gasteiger partial charge in [-0.25, -0.2) is 8.78 Å². The lowest BCUT2D eigenvalue weighted by atomic mass is 10.0. The zero-order valence-electron chi connectivity index (χ0n) is 10.4. The van der Waals surface area contributed by atoms with Crippen molar-refractivity contribution < 1.29 is 13.2 Å². The normalized spacial score (nSPS) is 12.8. The van der Waals surface area contributed by atoms with E-state index in [2.05, 4.69) is 15.9 Å². The van der Waals surface area contributed by atoms with Crippen molar-refractivity contribution in [3.8, 4) is 0 Å². The van der Waals surface area contributed by atoms with Crippen LogP contribution in [-0.4, -0.2) is 0 Å². The number of hydrogen-bond donors (Lipinski definition) is 0. The summed E-state index contributed by atoms with van der Waals surface area (Å²) in [5, 5.41) is 1.02.